The molecular weight excluding hydrogens is 915 g/mol. The van der Waals surface area contributed by atoms with Gasteiger partial charge in [-0.2, -0.15) is 0 Å². The summed E-state index contributed by atoms with van der Waals surface area (Å²) in [6, 6.07) is 26.8. The van der Waals surface area contributed by atoms with Gasteiger partial charge >= 0.3 is 17.1 Å². The zero-order valence-corrected chi connectivity index (χ0v) is 44.5. The van der Waals surface area contributed by atoms with Crippen LogP contribution in [0.15, 0.2) is 212 Å². The van der Waals surface area contributed by atoms with E-state index in [1.807, 2.05) is 194 Å². The van der Waals surface area contributed by atoms with Gasteiger partial charge in [-0.05, 0) is 116 Å². The Kier molecular flexibility index (Phi) is 25.6. The minimum absolute atomic E-state index is 0.349. The fraction of sp³-hybridized carbons (Fsp3) is 0.241. The van der Waals surface area contributed by atoms with Crippen LogP contribution in [0, 0.1) is 0 Å². The lowest BCUT2D eigenvalue weighted by Crippen LogP contribution is -2.30. The molecule has 0 amide bonds. The summed E-state index contributed by atoms with van der Waals surface area (Å²) in [6.45, 7) is 27.9. The number of aliphatic hydroxyl groups is 2. The van der Waals surface area contributed by atoms with Crippen molar-refractivity contribution < 1.29 is 37.8 Å². The van der Waals surface area contributed by atoms with Crippen LogP contribution in [0.1, 0.15) is 72.7 Å². The van der Waals surface area contributed by atoms with Crippen LogP contribution in [-0.4, -0.2) is 48.9 Å². The molecule has 0 spiro atoms. The minimum Gasteiger partial charge on any atom is -0.497 e. The van der Waals surface area contributed by atoms with Crippen molar-refractivity contribution in [3.63, 3.8) is 0 Å². The maximum Gasteiger partial charge on any atom is 0.419 e. The number of hydrogen-bond acceptors (Lipinski definition) is 10. The number of fused-ring (bicyclic) bond motifs is 2. The largest absolute Gasteiger partial charge is 0.497 e. The van der Waals surface area contributed by atoms with Crippen molar-refractivity contribution >= 4 is 39.6 Å². The van der Waals surface area contributed by atoms with Crippen molar-refractivity contribution in [3.05, 3.63) is 223 Å². The summed E-state index contributed by atoms with van der Waals surface area (Å²) in [4.78, 5) is 0. The quantitative estimate of drug-likeness (QED) is 0.0450. The molecule has 4 aromatic carbocycles. The van der Waals surface area contributed by atoms with Crippen LogP contribution in [0.25, 0.3) is 16.8 Å². The molecule has 0 aromatic heterocycles. The molecule has 1 aliphatic rings. The number of aliphatic hydroxyl groups excluding tert-OH is 2. The Bertz CT molecular complexity index is 2570. The average Bonchev–Trinajstić information content (AvgIpc) is 3.39. The third kappa shape index (κ3) is 15.8. The summed E-state index contributed by atoms with van der Waals surface area (Å²) in [5, 5.41) is 24.7. The maximum absolute atomic E-state index is 12.0. The SMILES string of the molecule is C=C/C=C(\C=C/COC)N1C(O)c2ccccc2OP1Oc1ccc2ccccc2c1/C=C(/C=C\C(\C=C/C)=C(/C)C=C)OP(O/C(C=C)=C(/C=C\C)C(C)O)N(C)c1ccc(OC)cc1.CC.CC. The van der Waals surface area contributed by atoms with E-state index < -0.39 is 29.4 Å². The fourth-order valence-corrected chi connectivity index (χ4v) is 9.41. The molecule has 0 fully saturated rings. The van der Waals surface area contributed by atoms with Crippen molar-refractivity contribution in [3.8, 4) is 17.2 Å². The number of benzene rings is 4. The van der Waals surface area contributed by atoms with Gasteiger partial charge in [0.15, 0.2) is 6.23 Å². The molecule has 0 radical (unpaired) electrons. The first-order chi connectivity index (χ1) is 34.0. The summed E-state index contributed by atoms with van der Waals surface area (Å²) in [6.07, 6.45) is 21.9. The van der Waals surface area contributed by atoms with Crippen LogP contribution >= 0.6 is 17.1 Å². The van der Waals surface area contributed by atoms with Gasteiger partial charge in [0, 0.05) is 42.2 Å². The lowest BCUT2D eigenvalue weighted by Gasteiger charge is -2.39. The fourth-order valence-electron chi connectivity index (χ4n) is 6.66. The topological polar surface area (TPSA) is 102 Å². The Hall–Kier alpha value is -6.38. The first-order valence-electron chi connectivity index (χ1n) is 23.3. The highest BCUT2D eigenvalue weighted by atomic mass is 31.2. The van der Waals surface area contributed by atoms with E-state index in [2.05, 4.69) is 19.7 Å². The zero-order chi connectivity index (χ0) is 51.6. The van der Waals surface area contributed by atoms with E-state index in [1.165, 1.54) is 0 Å². The molecule has 4 atom stereocenters. The molecule has 0 bridgehead atoms. The van der Waals surface area contributed by atoms with Gasteiger partial charge in [0.2, 0.25) is 0 Å². The third-order valence-electron chi connectivity index (χ3n) is 10.1. The summed E-state index contributed by atoms with van der Waals surface area (Å²) >= 11 is 0. The third-order valence-corrected chi connectivity index (χ3v) is 13.1. The molecule has 0 saturated heterocycles. The molecular formula is C58H72N2O8P2. The van der Waals surface area contributed by atoms with E-state index in [0.29, 0.717) is 57.8 Å². The zero-order valence-electron chi connectivity index (χ0n) is 42.7. The van der Waals surface area contributed by atoms with Gasteiger partial charge in [0.1, 0.15) is 28.8 Å². The van der Waals surface area contributed by atoms with Crippen LogP contribution in [-0.2, 0) is 13.8 Å². The Morgan fingerprint density at radius 3 is 2.17 bits per heavy atom. The second-order valence-corrected chi connectivity index (χ2v) is 17.3. The standard InChI is InChI=1S/C54H60N2O8P2.2C2H6/c1-11-21-41(39(6)14-4)29-33-46(61-65(55(8)43-31-34-45(60-10)35-32-43)62-51(15-5)47(23-13-3)40(7)57)38-50-48-26-17-16-24-42(48)30-36-53(50)64-66-56(44(22-12-2)25-20-37-59-9)54(58)49-27-18-19-28-52(49)63-66;2*1-2/h11-36,38,40,54,57-58H,2,4-5,37H2,1,3,6-10H3;2*1-2H3/b21-11-,23-13-,25-20-,33-29-,41-39+,44-22+,46-38-,51-47-;;. The number of anilines is 1. The molecule has 0 aliphatic carbocycles. The molecule has 372 valence electrons. The lowest BCUT2D eigenvalue weighted by molar-refractivity contribution is 0.0665. The minimum atomic E-state index is -2.06. The normalized spacial score (nSPS) is 16.4. The predicted molar refractivity (Wildman–Crippen MR) is 296 cm³/mol. The second-order valence-electron chi connectivity index (χ2n) is 14.6. The first kappa shape index (κ1) is 57.9. The van der Waals surface area contributed by atoms with Crippen molar-refractivity contribution in [2.75, 3.05) is 32.5 Å². The van der Waals surface area contributed by atoms with Gasteiger partial charge in [0.25, 0.3) is 0 Å². The van der Waals surface area contributed by atoms with Crippen LogP contribution in [0.2, 0.25) is 0 Å². The molecule has 1 heterocycles. The van der Waals surface area contributed by atoms with Crippen LogP contribution in [0.4, 0.5) is 5.69 Å². The van der Waals surface area contributed by atoms with E-state index in [0.717, 1.165) is 27.6 Å². The highest BCUT2D eigenvalue weighted by molar-refractivity contribution is 7.49. The number of hydrogen-bond donors (Lipinski definition) is 2. The van der Waals surface area contributed by atoms with Crippen LogP contribution in [0.5, 0.6) is 17.2 Å². The first-order valence-corrected chi connectivity index (χ1v) is 25.6. The van der Waals surface area contributed by atoms with Gasteiger partial charge in [-0.15, -0.1) is 0 Å². The molecule has 10 nitrogen and oxygen atoms in total. The van der Waals surface area contributed by atoms with Crippen molar-refractivity contribution in [2.24, 2.45) is 0 Å². The summed E-state index contributed by atoms with van der Waals surface area (Å²) in [7, 11) is 1.01. The highest BCUT2D eigenvalue weighted by Gasteiger charge is 2.40. The maximum atomic E-state index is 12.0. The van der Waals surface area contributed by atoms with Gasteiger partial charge in [-0.3, -0.25) is 9.34 Å². The number of para-hydroxylation sites is 1. The molecule has 5 rings (SSSR count). The molecule has 4 aromatic rings. The highest BCUT2D eigenvalue weighted by Crippen LogP contribution is 2.57. The van der Waals surface area contributed by atoms with E-state index in [-0.39, 0.29) is 0 Å². The Morgan fingerprint density at radius 2 is 1.54 bits per heavy atom. The molecule has 12 heteroatoms. The van der Waals surface area contributed by atoms with Gasteiger partial charge < -0.3 is 37.8 Å². The molecule has 4 unspecified atom stereocenters. The van der Waals surface area contributed by atoms with E-state index in [9.17, 15) is 10.2 Å². The molecule has 1 aliphatic heterocycles. The predicted octanol–water partition coefficient (Wildman–Crippen LogP) is 15.9. The second kappa shape index (κ2) is 31.0. The van der Waals surface area contributed by atoms with Crippen LogP contribution in [0.3, 0.4) is 0 Å². The molecule has 2 N–H and O–H groups in total. The summed E-state index contributed by atoms with van der Waals surface area (Å²) < 4.78 is 41.9. The van der Waals surface area contributed by atoms with Crippen molar-refractivity contribution in [2.45, 2.75) is 67.7 Å². The Morgan fingerprint density at radius 1 is 0.857 bits per heavy atom. The van der Waals surface area contributed by atoms with Crippen LogP contribution < -0.4 is 18.5 Å². The average molecular weight is 987 g/mol. The smallest absolute Gasteiger partial charge is 0.419 e. The monoisotopic (exact) mass is 986 g/mol. The Balaban J connectivity index is 0.00000316. The van der Waals surface area contributed by atoms with E-state index in [1.54, 1.807) is 56.2 Å². The Labute approximate surface area is 420 Å². The van der Waals surface area contributed by atoms with Gasteiger partial charge in [0.05, 0.1) is 19.8 Å². The van der Waals surface area contributed by atoms with E-state index in [4.69, 9.17) is 27.6 Å². The van der Waals surface area contributed by atoms with Crippen molar-refractivity contribution in [1.29, 1.82) is 0 Å². The number of methoxy groups -OCH3 is 2. The number of rotatable bonds is 22. The molecule has 70 heavy (non-hydrogen) atoms. The summed E-state index contributed by atoms with van der Waals surface area (Å²) in [5.41, 5.74) is 5.04. The van der Waals surface area contributed by atoms with Gasteiger partial charge in [-0.1, -0.05) is 145 Å². The summed E-state index contributed by atoms with van der Waals surface area (Å²) in [5.74, 6) is 2.41. The number of ether oxygens (including phenoxy) is 2. The number of nitrogens with zero attached hydrogens (tertiary/aromatic N) is 2. The lowest BCUT2D eigenvalue weighted by atomic mass is 10.0. The van der Waals surface area contributed by atoms with Crippen molar-refractivity contribution in [1.82, 2.24) is 4.67 Å². The van der Waals surface area contributed by atoms with E-state index >= 15 is 0 Å². The molecule has 0 saturated carbocycles. The van der Waals surface area contributed by atoms with Gasteiger partial charge in [-0.25, -0.2) is 0 Å². The number of allylic oxidation sites excluding steroid dienone is 12.